The van der Waals surface area contributed by atoms with Crippen LogP contribution in [-0.4, -0.2) is 15.3 Å². The zero-order valence-electron chi connectivity index (χ0n) is 12.8. The second kappa shape index (κ2) is 4.88. The fourth-order valence-corrected chi connectivity index (χ4v) is 4.22. The highest BCUT2D eigenvalue weighted by Crippen LogP contribution is 2.37. The molecule has 1 aromatic heterocycles. The van der Waals surface area contributed by atoms with Crippen molar-refractivity contribution in [1.82, 2.24) is 9.78 Å². The first-order valence-corrected chi connectivity index (χ1v) is 7.66. The normalized spacial score (nSPS) is 30.8. The summed E-state index contributed by atoms with van der Waals surface area (Å²) in [5.74, 6) is 1.44. The van der Waals surface area contributed by atoms with E-state index in [0.717, 1.165) is 36.8 Å². The second-order valence-electron chi connectivity index (χ2n) is 6.98. The summed E-state index contributed by atoms with van der Waals surface area (Å²) >= 11 is 0. The van der Waals surface area contributed by atoms with E-state index in [1.165, 1.54) is 17.3 Å². The van der Waals surface area contributed by atoms with Crippen LogP contribution in [0.15, 0.2) is 24.3 Å². The molecule has 0 aliphatic heterocycles. The highest BCUT2D eigenvalue weighted by atomic mass is 15.3. The minimum atomic E-state index is -0.0891. The van der Waals surface area contributed by atoms with Gasteiger partial charge in [0.2, 0.25) is 0 Å². The van der Waals surface area contributed by atoms with Gasteiger partial charge in [0.05, 0.1) is 11.2 Å². The standard InChI is InChI=1S/C17H25N3/c1-12-8-13(2)10-17(18,9-12)11-15-14-6-4-5-7-16(14)20(3)19-15/h4-7,12-13H,8-11,18H2,1-3H3. The van der Waals surface area contributed by atoms with E-state index in [1.807, 2.05) is 11.7 Å². The number of hydrogen-bond acceptors (Lipinski definition) is 2. The van der Waals surface area contributed by atoms with Crippen LogP contribution >= 0.6 is 0 Å². The first-order valence-electron chi connectivity index (χ1n) is 7.66. The first kappa shape index (κ1) is 13.6. The Hall–Kier alpha value is -1.35. The number of benzene rings is 1. The van der Waals surface area contributed by atoms with Gasteiger partial charge in [0, 0.05) is 24.4 Å². The summed E-state index contributed by atoms with van der Waals surface area (Å²) in [6.07, 6.45) is 4.43. The molecule has 3 rings (SSSR count). The smallest absolute Gasteiger partial charge is 0.0721 e. The van der Waals surface area contributed by atoms with Gasteiger partial charge in [-0.15, -0.1) is 0 Å². The molecule has 2 atom stereocenters. The Morgan fingerprint density at radius 1 is 1.25 bits per heavy atom. The maximum Gasteiger partial charge on any atom is 0.0721 e. The first-order chi connectivity index (χ1) is 9.47. The molecule has 0 saturated heterocycles. The van der Waals surface area contributed by atoms with E-state index >= 15 is 0 Å². The zero-order valence-corrected chi connectivity index (χ0v) is 12.8. The highest BCUT2D eigenvalue weighted by Gasteiger charge is 2.35. The Morgan fingerprint density at radius 3 is 2.60 bits per heavy atom. The van der Waals surface area contributed by atoms with Crippen LogP contribution in [0.2, 0.25) is 0 Å². The molecule has 1 heterocycles. The van der Waals surface area contributed by atoms with E-state index in [-0.39, 0.29) is 5.54 Å². The van der Waals surface area contributed by atoms with Gasteiger partial charge in [-0.05, 0) is 37.2 Å². The molecule has 2 aromatic rings. The van der Waals surface area contributed by atoms with Crippen molar-refractivity contribution < 1.29 is 0 Å². The van der Waals surface area contributed by atoms with Crippen LogP contribution in [0.4, 0.5) is 0 Å². The van der Waals surface area contributed by atoms with E-state index in [2.05, 4.69) is 38.1 Å². The van der Waals surface area contributed by atoms with Crippen molar-refractivity contribution in [2.45, 2.75) is 45.1 Å². The molecule has 108 valence electrons. The van der Waals surface area contributed by atoms with Gasteiger partial charge in [-0.2, -0.15) is 5.10 Å². The molecule has 1 aliphatic rings. The Morgan fingerprint density at radius 2 is 1.90 bits per heavy atom. The summed E-state index contributed by atoms with van der Waals surface area (Å²) in [7, 11) is 2.02. The summed E-state index contributed by atoms with van der Waals surface area (Å²) < 4.78 is 1.98. The van der Waals surface area contributed by atoms with Gasteiger partial charge in [-0.3, -0.25) is 4.68 Å². The molecule has 0 radical (unpaired) electrons. The topological polar surface area (TPSA) is 43.8 Å². The third-order valence-corrected chi connectivity index (χ3v) is 4.67. The van der Waals surface area contributed by atoms with Crippen molar-refractivity contribution in [3.63, 3.8) is 0 Å². The number of aryl methyl sites for hydroxylation is 1. The van der Waals surface area contributed by atoms with Crippen LogP contribution in [0.25, 0.3) is 10.9 Å². The third kappa shape index (κ3) is 2.47. The van der Waals surface area contributed by atoms with Gasteiger partial charge < -0.3 is 5.73 Å². The summed E-state index contributed by atoms with van der Waals surface area (Å²) in [6, 6.07) is 8.44. The Kier molecular flexibility index (Phi) is 3.33. The van der Waals surface area contributed by atoms with Gasteiger partial charge in [0.1, 0.15) is 0 Å². The molecule has 2 N–H and O–H groups in total. The van der Waals surface area contributed by atoms with Crippen molar-refractivity contribution in [2.75, 3.05) is 0 Å². The number of hydrogen-bond donors (Lipinski definition) is 1. The Balaban J connectivity index is 1.92. The SMILES string of the molecule is CC1CC(C)CC(N)(Cc2nn(C)c3ccccc23)C1. The zero-order chi connectivity index (χ0) is 14.3. The van der Waals surface area contributed by atoms with Crippen LogP contribution < -0.4 is 5.73 Å². The van der Waals surface area contributed by atoms with Crippen molar-refractivity contribution in [2.24, 2.45) is 24.6 Å². The molecule has 1 aromatic carbocycles. The van der Waals surface area contributed by atoms with Gasteiger partial charge in [0.25, 0.3) is 0 Å². The predicted molar refractivity (Wildman–Crippen MR) is 83.5 cm³/mol. The van der Waals surface area contributed by atoms with Crippen LogP contribution in [0.1, 0.15) is 38.8 Å². The van der Waals surface area contributed by atoms with Crippen molar-refractivity contribution in [1.29, 1.82) is 0 Å². The monoisotopic (exact) mass is 271 g/mol. The maximum absolute atomic E-state index is 6.72. The molecule has 0 spiro atoms. The second-order valence-corrected chi connectivity index (χ2v) is 6.98. The van der Waals surface area contributed by atoms with E-state index < -0.39 is 0 Å². The maximum atomic E-state index is 6.72. The molecule has 2 unspecified atom stereocenters. The summed E-state index contributed by atoms with van der Waals surface area (Å²) in [4.78, 5) is 0. The molecule has 0 bridgehead atoms. The quantitative estimate of drug-likeness (QED) is 0.911. The number of fused-ring (bicyclic) bond motifs is 1. The van der Waals surface area contributed by atoms with E-state index in [0.29, 0.717) is 0 Å². The Bertz CT molecular complexity index is 604. The van der Waals surface area contributed by atoms with Crippen LogP contribution in [0.3, 0.4) is 0 Å². The van der Waals surface area contributed by atoms with Crippen LogP contribution in [0, 0.1) is 11.8 Å². The van der Waals surface area contributed by atoms with Gasteiger partial charge in [-0.25, -0.2) is 0 Å². The van der Waals surface area contributed by atoms with E-state index in [1.54, 1.807) is 0 Å². The van der Waals surface area contributed by atoms with Crippen molar-refractivity contribution >= 4 is 10.9 Å². The number of nitrogens with two attached hydrogens (primary N) is 1. The van der Waals surface area contributed by atoms with E-state index in [4.69, 9.17) is 10.8 Å². The minimum Gasteiger partial charge on any atom is -0.325 e. The van der Waals surface area contributed by atoms with Gasteiger partial charge in [-0.1, -0.05) is 32.0 Å². The predicted octanol–water partition coefficient (Wildman–Crippen LogP) is 3.27. The molecule has 1 aliphatic carbocycles. The van der Waals surface area contributed by atoms with Crippen molar-refractivity contribution in [3.8, 4) is 0 Å². The fraction of sp³-hybridized carbons (Fsp3) is 0.588. The molecular formula is C17H25N3. The molecule has 0 amide bonds. The summed E-state index contributed by atoms with van der Waals surface area (Å²) in [6.45, 7) is 4.65. The average molecular weight is 271 g/mol. The van der Waals surface area contributed by atoms with Crippen LogP contribution in [-0.2, 0) is 13.5 Å². The average Bonchev–Trinajstić information content (AvgIpc) is 2.64. The number of nitrogens with zero attached hydrogens (tertiary/aromatic N) is 2. The largest absolute Gasteiger partial charge is 0.325 e. The summed E-state index contributed by atoms with van der Waals surface area (Å²) in [5, 5.41) is 5.97. The molecule has 1 saturated carbocycles. The lowest BCUT2D eigenvalue weighted by atomic mass is 9.70. The van der Waals surface area contributed by atoms with Crippen molar-refractivity contribution in [3.05, 3.63) is 30.0 Å². The molecule has 20 heavy (non-hydrogen) atoms. The molecule has 3 heteroatoms. The minimum absolute atomic E-state index is 0.0891. The number of para-hydroxylation sites is 1. The molecule has 1 fully saturated rings. The summed E-state index contributed by atoms with van der Waals surface area (Å²) in [5.41, 5.74) is 8.99. The fourth-order valence-electron chi connectivity index (χ4n) is 4.22. The lowest BCUT2D eigenvalue weighted by Crippen LogP contribution is -2.48. The van der Waals surface area contributed by atoms with Gasteiger partial charge >= 0.3 is 0 Å². The third-order valence-electron chi connectivity index (χ3n) is 4.67. The van der Waals surface area contributed by atoms with Crippen LogP contribution in [0.5, 0.6) is 0 Å². The lowest BCUT2D eigenvalue weighted by Gasteiger charge is -2.40. The molecule has 3 nitrogen and oxygen atoms in total. The molecular weight excluding hydrogens is 246 g/mol. The highest BCUT2D eigenvalue weighted by molar-refractivity contribution is 5.81. The van der Waals surface area contributed by atoms with E-state index in [9.17, 15) is 0 Å². The number of aromatic nitrogens is 2. The Labute approximate surface area is 121 Å². The lowest BCUT2D eigenvalue weighted by molar-refractivity contribution is 0.181. The van der Waals surface area contributed by atoms with Gasteiger partial charge in [0.15, 0.2) is 0 Å². The number of rotatable bonds is 2.